The molecule has 1 aromatic carbocycles. The van der Waals surface area contributed by atoms with E-state index in [-0.39, 0.29) is 35.9 Å². The first-order valence-electron chi connectivity index (χ1n) is 10.1. The molecule has 170 valence electrons. The number of hydrogen-bond acceptors (Lipinski definition) is 4. The van der Waals surface area contributed by atoms with Crippen LogP contribution in [-0.2, 0) is 19.3 Å². The summed E-state index contributed by atoms with van der Waals surface area (Å²) in [5, 5.41) is 3.56. The zero-order valence-corrected chi connectivity index (χ0v) is 17.1. The fourth-order valence-corrected chi connectivity index (χ4v) is 4.80. The molecule has 2 heterocycles. The van der Waals surface area contributed by atoms with Crippen molar-refractivity contribution in [3.05, 3.63) is 46.8 Å². The Morgan fingerprint density at radius 3 is 2.39 bits per heavy atom. The van der Waals surface area contributed by atoms with Gasteiger partial charge in [-0.1, -0.05) is 0 Å². The zero-order chi connectivity index (χ0) is 22.5. The highest BCUT2D eigenvalue weighted by Gasteiger charge is 2.40. The predicted octanol–water partition coefficient (Wildman–Crippen LogP) is 3.80. The molecule has 1 fully saturated rings. The molecule has 1 aliphatic heterocycles. The first kappa shape index (κ1) is 22.1. The fraction of sp³-hybridized carbons (Fsp3) is 0.600. The van der Waals surface area contributed by atoms with E-state index in [4.69, 9.17) is 0 Å². The molecule has 3 atom stereocenters. The number of alkyl halides is 3. The van der Waals surface area contributed by atoms with E-state index in [1.54, 1.807) is 0 Å². The highest BCUT2D eigenvalue weighted by molar-refractivity contribution is 5.26. The van der Waals surface area contributed by atoms with E-state index in [0.29, 0.717) is 38.4 Å². The molecule has 2 aliphatic rings. The molecule has 1 saturated carbocycles. The van der Waals surface area contributed by atoms with Crippen molar-refractivity contribution in [1.29, 1.82) is 0 Å². The van der Waals surface area contributed by atoms with Gasteiger partial charge in [0, 0.05) is 30.6 Å². The quantitative estimate of drug-likeness (QED) is 0.530. The van der Waals surface area contributed by atoms with E-state index in [9.17, 15) is 26.3 Å². The van der Waals surface area contributed by atoms with Crippen LogP contribution in [0.1, 0.15) is 42.4 Å². The van der Waals surface area contributed by atoms with Gasteiger partial charge >= 0.3 is 6.18 Å². The summed E-state index contributed by atoms with van der Waals surface area (Å²) in [4.78, 5) is 7.68. The average Bonchev–Trinajstić information content (AvgIpc) is 3.14. The summed E-state index contributed by atoms with van der Waals surface area (Å²) in [6.07, 6.45) is -2.76. The van der Waals surface area contributed by atoms with Gasteiger partial charge in [-0.05, 0) is 45.0 Å². The molecule has 2 aromatic rings. The summed E-state index contributed by atoms with van der Waals surface area (Å²) in [6.45, 7) is 1.09. The van der Waals surface area contributed by atoms with Crippen LogP contribution in [0.3, 0.4) is 0 Å². The maximum Gasteiger partial charge on any atom is 0.453 e. The van der Waals surface area contributed by atoms with E-state index in [1.165, 1.54) is 4.68 Å². The number of hydrogen-bond donors (Lipinski definition) is 0. The lowest BCUT2D eigenvalue weighted by atomic mass is 9.76. The van der Waals surface area contributed by atoms with Gasteiger partial charge in [-0.3, -0.25) is 4.90 Å². The molecule has 31 heavy (non-hydrogen) atoms. The SMILES string of the molecule is CN(C)[C@H]1C[C@@H](N2CCn3nc(C(F)(F)F)nc3C2)CC[C@@H]1c1cc(F)c(F)cc1F. The van der Waals surface area contributed by atoms with Gasteiger partial charge in [-0.15, -0.1) is 5.10 Å². The summed E-state index contributed by atoms with van der Waals surface area (Å²) in [7, 11) is 3.69. The van der Waals surface area contributed by atoms with E-state index < -0.39 is 29.5 Å². The molecule has 0 spiro atoms. The fourth-order valence-electron chi connectivity index (χ4n) is 4.80. The molecule has 0 N–H and O–H groups in total. The lowest BCUT2D eigenvalue weighted by Crippen LogP contribution is -2.49. The highest BCUT2D eigenvalue weighted by Crippen LogP contribution is 2.39. The monoisotopic (exact) mass is 447 g/mol. The number of nitrogens with zero attached hydrogens (tertiary/aromatic N) is 5. The smallest absolute Gasteiger partial charge is 0.306 e. The van der Waals surface area contributed by atoms with Crippen LogP contribution in [0.2, 0.25) is 0 Å². The molecule has 4 rings (SSSR count). The Morgan fingerprint density at radius 2 is 1.71 bits per heavy atom. The Labute approximate surface area is 175 Å². The third-order valence-electron chi connectivity index (χ3n) is 6.35. The normalized spacial score (nSPS) is 25.1. The summed E-state index contributed by atoms with van der Waals surface area (Å²) >= 11 is 0. The van der Waals surface area contributed by atoms with Gasteiger partial charge in [0.15, 0.2) is 11.6 Å². The van der Waals surface area contributed by atoms with Crippen molar-refractivity contribution in [2.45, 2.75) is 56.5 Å². The second-order valence-electron chi connectivity index (χ2n) is 8.44. The number of rotatable bonds is 3. The summed E-state index contributed by atoms with van der Waals surface area (Å²) in [5.74, 6) is -4.23. The minimum absolute atomic E-state index is 0.0526. The van der Waals surface area contributed by atoms with Crippen LogP contribution in [0.4, 0.5) is 26.3 Å². The van der Waals surface area contributed by atoms with Crippen molar-refractivity contribution in [2.24, 2.45) is 0 Å². The van der Waals surface area contributed by atoms with Crippen molar-refractivity contribution in [2.75, 3.05) is 20.6 Å². The molecule has 1 aliphatic carbocycles. The zero-order valence-electron chi connectivity index (χ0n) is 17.1. The molecule has 0 unspecified atom stereocenters. The Kier molecular flexibility index (Phi) is 5.76. The third kappa shape index (κ3) is 4.30. The van der Waals surface area contributed by atoms with Gasteiger partial charge in [0.2, 0.25) is 0 Å². The van der Waals surface area contributed by atoms with Crippen LogP contribution < -0.4 is 0 Å². The van der Waals surface area contributed by atoms with E-state index in [1.807, 2.05) is 19.0 Å². The molecule has 1 aromatic heterocycles. The lowest BCUT2D eigenvalue weighted by Gasteiger charge is -2.44. The lowest BCUT2D eigenvalue weighted by molar-refractivity contribution is -0.145. The molecular weight excluding hydrogens is 424 g/mol. The number of halogens is 6. The van der Waals surface area contributed by atoms with Gasteiger partial charge in [-0.2, -0.15) is 13.2 Å². The number of aromatic nitrogens is 3. The van der Waals surface area contributed by atoms with E-state index >= 15 is 0 Å². The minimum Gasteiger partial charge on any atom is -0.306 e. The number of benzene rings is 1. The third-order valence-corrected chi connectivity index (χ3v) is 6.35. The van der Waals surface area contributed by atoms with Crippen LogP contribution in [0.25, 0.3) is 0 Å². The largest absolute Gasteiger partial charge is 0.453 e. The van der Waals surface area contributed by atoms with Gasteiger partial charge in [-0.25, -0.2) is 22.8 Å². The molecule has 11 heteroatoms. The maximum absolute atomic E-state index is 14.4. The van der Waals surface area contributed by atoms with Crippen LogP contribution >= 0.6 is 0 Å². The van der Waals surface area contributed by atoms with Crippen molar-refractivity contribution in [3.63, 3.8) is 0 Å². The highest BCUT2D eigenvalue weighted by atomic mass is 19.4. The molecule has 0 bridgehead atoms. The van der Waals surface area contributed by atoms with Crippen LogP contribution in [0.15, 0.2) is 12.1 Å². The average molecular weight is 447 g/mol. The Morgan fingerprint density at radius 1 is 1.00 bits per heavy atom. The van der Waals surface area contributed by atoms with E-state index in [0.717, 1.165) is 6.07 Å². The van der Waals surface area contributed by atoms with Gasteiger partial charge in [0.1, 0.15) is 11.6 Å². The molecule has 0 radical (unpaired) electrons. The second-order valence-corrected chi connectivity index (χ2v) is 8.44. The Balaban J connectivity index is 1.52. The Bertz CT molecular complexity index is 956. The van der Waals surface area contributed by atoms with Crippen LogP contribution in [0.5, 0.6) is 0 Å². The second kappa shape index (κ2) is 8.09. The molecule has 0 amide bonds. The maximum atomic E-state index is 14.4. The van der Waals surface area contributed by atoms with Crippen molar-refractivity contribution < 1.29 is 26.3 Å². The van der Waals surface area contributed by atoms with Crippen molar-refractivity contribution >= 4 is 0 Å². The molecular formula is C20H23F6N5. The van der Waals surface area contributed by atoms with Crippen molar-refractivity contribution in [3.8, 4) is 0 Å². The van der Waals surface area contributed by atoms with Crippen LogP contribution in [-0.4, -0.2) is 57.3 Å². The summed E-state index contributed by atoms with van der Waals surface area (Å²) in [5.41, 5.74) is 0.157. The molecule has 0 saturated heterocycles. The van der Waals surface area contributed by atoms with Gasteiger partial charge in [0.05, 0.1) is 13.1 Å². The molecule has 5 nitrogen and oxygen atoms in total. The van der Waals surface area contributed by atoms with Gasteiger partial charge < -0.3 is 4.90 Å². The minimum atomic E-state index is -4.59. The summed E-state index contributed by atoms with van der Waals surface area (Å²) < 4.78 is 81.6. The number of fused-ring (bicyclic) bond motifs is 1. The van der Waals surface area contributed by atoms with Crippen molar-refractivity contribution in [1.82, 2.24) is 24.6 Å². The first-order chi connectivity index (χ1) is 14.5. The Hall–Kier alpha value is -2.14. The van der Waals surface area contributed by atoms with E-state index in [2.05, 4.69) is 15.0 Å². The topological polar surface area (TPSA) is 37.2 Å². The predicted molar refractivity (Wildman–Crippen MR) is 99.6 cm³/mol. The van der Waals surface area contributed by atoms with Gasteiger partial charge in [0.25, 0.3) is 5.82 Å². The van der Waals surface area contributed by atoms with Crippen LogP contribution in [0, 0.1) is 17.5 Å². The number of likely N-dealkylation sites (N-methyl/N-ethyl adjacent to an activating group) is 1. The standard InChI is InChI=1S/C20H23F6N5/c1-29(2)17-7-11(3-4-12(17)13-8-15(22)16(23)9-14(13)21)30-5-6-31-18(10-30)27-19(28-31)20(24,25)26/h8-9,11-12,17H,3-7,10H2,1-2H3/t11-,12+,17-/m0/s1. The first-order valence-corrected chi connectivity index (χ1v) is 10.1. The summed E-state index contributed by atoms with van der Waals surface area (Å²) in [6, 6.07) is 1.44.